The van der Waals surface area contributed by atoms with E-state index in [1.807, 2.05) is 13.8 Å². The molecule has 2 nitrogen and oxygen atoms in total. The predicted octanol–water partition coefficient (Wildman–Crippen LogP) is 2.28. The molecule has 0 unspecified atom stereocenters. The maximum atomic E-state index is 10.9. The largest absolute Gasteiger partial charge is 0.456 e. The van der Waals surface area contributed by atoms with Crippen LogP contribution in [0.3, 0.4) is 0 Å². The van der Waals surface area contributed by atoms with Gasteiger partial charge in [-0.3, -0.25) is 0 Å². The lowest BCUT2D eigenvalue weighted by molar-refractivity contribution is -0.148. The summed E-state index contributed by atoms with van der Waals surface area (Å²) in [6.07, 6.45) is 3.07. The van der Waals surface area contributed by atoms with E-state index in [9.17, 15) is 4.79 Å². The summed E-state index contributed by atoms with van der Waals surface area (Å²) in [5.41, 5.74) is -0.420. The Bertz CT molecular complexity index is 161. The molecule has 0 aromatic rings. The Labute approximate surface area is 75.7 Å². The topological polar surface area (TPSA) is 26.3 Å². The van der Waals surface area contributed by atoms with Crippen molar-refractivity contribution in [3.63, 3.8) is 0 Å². The number of carbonyl (C=O) groups is 1. The maximum absolute atomic E-state index is 10.9. The van der Waals surface area contributed by atoms with E-state index in [4.69, 9.17) is 4.74 Å². The Morgan fingerprint density at radius 1 is 1.64 bits per heavy atom. The molecule has 0 bridgehead atoms. The zero-order valence-electron chi connectivity index (χ0n) is 7.06. The first kappa shape index (κ1) is 10.7. The molecule has 0 radical (unpaired) electrons. The summed E-state index contributed by atoms with van der Waals surface area (Å²) in [6.45, 7) is 5.48. The van der Waals surface area contributed by atoms with Crippen LogP contribution in [0.2, 0.25) is 0 Å². The monoisotopic (exact) mass is 220 g/mol. The third-order valence-electron chi connectivity index (χ3n) is 1.00. The van der Waals surface area contributed by atoms with Crippen molar-refractivity contribution in [2.24, 2.45) is 0 Å². The van der Waals surface area contributed by atoms with Crippen molar-refractivity contribution >= 4 is 21.9 Å². The molecule has 11 heavy (non-hydrogen) atoms. The van der Waals surface area contributed by atoms with Gasteiger partial charge < -0.3 is 4.74 Å². The van der Waals surface area contributed by atoms with Crippen molar-refractivity contribution in [2.45, 2.75) is 26.4 Å². The van der Waals surface area contributed by atoms with Gasteiger partial charge in [-0.15, -0.1) is 0 Å². The van der Waals surface area contributed by atoms with Crippen molar-refractivity contribution in [2.75, 3.05) is 5.33 Å². The van der Waals surface area contributed by atoms with Gasteiger partial charge in [-0.05, 0) is 20.8 Å². The van der Waals surface area contributed by atoms with Crippen LogP contribution >= 0.6 is 15.9 Å². The van der Waals surface area contributed by atoms with Gasteiger partial charge in [-0.2, -0.15) is 0 Å². The predicted molar refractivity (Wildman–Crippen MR) is 48.8 cm³/mol. The van der Waals surface area contributed by atoms with E-state index >= 15 is 0 Å². The zero-order chi connectivity index (χ0) is 8.91. The van der Waals surface area contributed by atoms with E-state index in [-0.39, 0.29) is 5.97 Å². The second kappa shape index (κ2) is 4.54. The molecular weight excluding hydrogens is 208 g/mol. The fourth-order valence-corrected chi connectivity index (χ4v) is 0.584. The first-order chi connectivity index (χ1) is 5.02. The Balaban J connectivity index is 3.93. The molecule has 0 aliphatic rings. The molecule has 0 aliphatic carbocycles. The summed E-state index contributed by atoms with van der Waals surface area (Å²) >= 11 is 3.25. The maximum Gasteiger partial charge on any atom is 0.330 e. The number of ether oxygens (including phenoxy) is 1. The third kappa shape index (κ3) is 5.01. The van der Waals surface area contributed by atoms with Crippen LogP contribution < -0.4 is 0 Å². The van der Waals surface area contributed by atoms with Crippen molar-refractivity contribution in [3.05, 3.63) is 12.2 Å². The number of allylic oxidation sites excluding steroid dienone is 1. The van der Waals surface area contributed by atoms with E-state index in [0.29, 0.717) is 5.33 Å². The summed E-state index contributed by atoms with van der Waals surface area (Å²) in [6, 6.07) is 0. The van der Waals surface area contributed by atoms with Crippen molar-refractivity contribution in [3.8, 4) is 0 Å². The molecule has 0 atom stereocenters. The van der Waals surface area contributed by atoms with E-state index in [2.05, 4.69) is 15.9 Å². The highest BCUT2D eigenvalue weighted by Gasteiger charge is 2.19. The van der Waals surface area contributed by atoms with Gasteiger partial charge >= 0.3 is 5.97 Å². The van der Waals surface area contributed by atoms with Crippen LogP contribution in [0.5, 0.6) is 0 Å². The molecule has 64 valence electrons. The Morgan fingerprint density at radius 2 is 2.18 bits per heavy atom. The van der Waals surface area contributed by atoms with Gasteiger partial charge in [0.15, 0.2) is 0 Å². The fraction of sp³-hybridized carbons (Fsp3) is 0.625. The van der Waals surface area contributed by atoms with Gasteiger partial charge in [-0.1, -0.05) is 22.0 Å². The van der Waals surface area contributed by atoms with Crippen LogP contribution in [-0.4, -0.2) is 16.9 Å². The van der Waals surface area contributed by atoms with E-state index in [0.717, 1.165) is 0 Å². The Morgan fingerprint density at radius 3 is 2.55 bits per heavy atom. The van der Waals surface area contributed by atoms with E-state index in [1.165, 1.54) is 6.08 Å². The smallest absolute Gasteiger partial charge is 0.330 e. The van der Waals surface area contributed by atoms with Crippen LogP contribution in [0.4, 0.5) is 0 Å². The highest BCUT2D eigenvalue weighted by atomic mass is 79.9. The molecule has 0 aliphatic heterocycles. The number of hydrogen-bond donors (Lipinski definition) is 0. The first-order valence-corrected chi connectivity index (χ1v) is 4.55. The summed E-state index contributed by atoms with van der Waals surface area (Å²) in [5.74, 6) is -0.294. The van der Waals surface area contributed by atoms with E-state index in [1.54, 1.807) is 13.0 Å². The number of alkyl halides is 1. The lowest BCUT2D eigenvalue weighted by Crippen LogP contribution is -2.28. The molecule has 0 aromatic carbocycles. The molecule has 0 amide bonds. The highest BCUT2D eigenvalue weighted by Crippen LogP contribution is 2.12. The van der Waals surface area contributed by atoms with Gasteiger partial charge in [0.2, 0.25) is 0 Å². The molecule has 0 saturated carbocycles. The summed E-state index contributed by atoms with van der Waals surface area (Å²) in [4.78, 5) is 10.9. The SMILES string of the molecule is C/C=C/C(=O)OC(C)(C)CBr. The minimum absolute atomic E-state index is 0.294. The normalized spacial score (nSPS) is 12.0. The average molecular weight is 221 g/mol. The summed E-state index contributed by atoms with van der Waals surface area (Å²) < 4.78 is 5.05. The lowest BCUT2D eigenvalue weighted by Gasteiger charge is -2.21. The second-order valence-electron chi connectivity index (χ2n) is 2.81. The van der Waals surface area contributed by atoms with Gasteiger partial charge in [0.05, 0.1) is 0 Å². The fourth-order valence-electron chi connectivity index (χ4n) is 0.470. The van der Waals surface area contributed by atoms with Gasteiger partial charge in [0.25, 0.3) is 0 Å². The number of halogens is 1. The first-order valence-electron chi connectivity index (χ1n) is 3.43. The van der Waals surface area contributed by atoms with Crippen LogP contribution in [0.25, 0.3) is 0 Å². The van der Waals surface area contributed by atoms with Gasteiger partial charge in [0.1, 0.15) is 5.60 Å². The number of esters is 1. The van der Waals surface area contributed by atoms with Crippen LogP contribution in [0, 0.1) is 0 Å². The second-order valence-corrected chi connectivity index (χ2v) is 3.38. The molecule has 0 fully saturated rings. The number of rotatable bonds is 3. The third-order valence-corrected chi connectivity index (χ3v) is 2.35. The minimum atomic E-state index is -0.420. The van der Waals surface area contributed by atoms with Crippen molar-refractivity contribution in [1.29, 1.82) is 0 Å². The van der Waals surface area contributed by atoms with Gasteiger partial charge in [0, 0.05) is 11.4 Å². The zero-order valence-corrected chi connectivity index (χ0v) is 8.64. The molecule has 0 heterocycles. The summed E-state index contributed by atoms with van der Waals surface area (Å²) in [5, 5.41) is 0.642. The Kier molecular flexibility index (Phi) is 4.42. The molecule has 0 saturated heterocycles. The molecule has 0 aromatic heterocycles. The van der Waals surface area contributed by atoms with Crippen molar-refractivity contribution < 1.29 is 9.53 Å². The molecular formula is C8H13BrO2. The van der Waals surface area contributed by atoms with Crippen LogP contribution in [0.15, 0.2) is 12.2 Å². The quantitative estimate of drug-likeness (QED) is 0.415. The molecule has 3 heteroatoms. The number of hydrogen-bond acceptors (Lipinski definition) is 2. The standard InChI is InChI=1S/C8H13BrO2/c1-4-5-7(10)11-8(2,3)6-9/h4-5H,6H2,1-3H3/b5-4+. The average Bonchev–Trinajstić information content (AvgIpc) is 1.87. The minimum Gasteiger partial charge on any atom is -0.456 e. The van der Waals surface area contributed by atoms with Gasteiger partial charge in [-0.25, -0.2) is 4.79 Å². The molecule has 0 N–H and O–H groups in total. The summed E-state index contributed by atoms with van der Waals surface area (Å²) in [7, 11) is 0. The van der Waals surface area contributed by atoms with Crippen LogP contribution in [0.1, 0.15) is 20.8 Å². The molecule has 0 spiro atoms. The highest BCUT2D eigenvalue weighted by molar-refractivity contribution is 9.09. The molecule has 0 rings (SSSR count). The number of carbonyl (C=O) groups excluding carboxylic acids is 1. The Hall–Kier alpha value is -0.310. The van der Waals surface area contributed by atoms with Crippen molar-refractivity contribution in [1.82, 2.24) is 0 Å². The van der Waals surface area contributed by atoms with Crippen LogP contribution in [-0.2, 0) is 9.53 Å². The van der Waals surface area contributed by atoms with E-state index < -0.39 is 5.60 Å². The lowest BCUT2D eigenvalue weighted by atomic mass is 10.2.